The zero-order valence-corrected chi connectivity index (χ0v) is 16.6. The van der Waals surface area contributed by atoms with Crippen LogP contribution in [0.1, 0.15) is 15.4 Å². The Balaban J connectivity index is 1.29. The van der Waals surface area contributed by atoms with Crippen molar-refractivity contribution in [2.45, 2.75) is 0 Å². The minimum atomic E-state index is -0.213. The number of anilines is 2. The molecule has 1 aliphatic heterocycles. The van der Waals surface area contributed by atoms with E-state index in [1.165, 1.54) is 17.4 Å². The summed E-state index contributed by atoms with van der Waals surface area (Å²) < 4.78 is 5.16. The van der Waals surface area contributed by atoms with Crippen LogP contribution in [0.3, 0.4) is 0 Å². The molecule has 2 amide bonds. The first-order valence-electron chi connectivity index (χ1n) is 9.39. The third-order valence-corrected chi connectivity index (χ3v) is 5.60. The number of rotatable bonds is 5. The van der Waals surface area contributed by atoms with Crippen LogP contribution < -0.4 is 10.2 Å². The highest BCUT2D eigenvalue weighted by molar-refractivity contribution is 7.12. The maximum Gasteiger partial charge on any atom is 0.264 e. The highest BCUT2D eigenvalue weighted by Crippen LogP contribution is 2.21. The van der Waals surface area contributed by atoms with Gasteiger partial charge in [0.05, 0.1) is 11.1 Å². The Labute approximate surface area is 173 Å². The number of hydrogen-bond donors (Lipinski definition) is 1. The van der Waals surface area contributed by atoms with E-state index in [-0.39, 0.29) is 11.8 Å². The van der Waals surface area contributed by atoms with Crippen LogP contribution in [-0.4, -0.2) is 42.9 Å². The molecule has 1 fully saturated rings. The lowest BCUT2D eigenvalue weighted by atomic mass is 10.2. The van der Waals surface area contributed by atoms with E-state index in [2.05, 4.69) is 10.2 Å². The largest absolute Gasteiger partial charge is 0.465 e. The van der Waals surface area contributed by atoms with E-state index in [1.54, 1.807) is 24.5 Å². The molecular formula is C22H21N3O3S. The number of piperazine rings is 1. The smallest absolute Gasteiger partial charge is 0.264 e. The summed E-state index contributed by atoms with van der Waals surface area (Å²) in [4.78, 5) is 29.4. The summed E-state index contributed by atoms with van der Waals surface area (Å²) in [5, 5.41) is 4.76. The SMILES string of the molecule is O=C(C=Cc1ccco1)Nc1ccc(N2CCN(C(=O)c3cccs3)CC2)cc1. The molecule has 0 radical (unpaired) electrons. The van der Waals surface area contributed by atoms with Crippen molar-refractivity contribution < 1.29 is 14.0 Å². The third kappa shape index (κ3) is 4.75. The lowest BCUT2D eigenvalue weighted by Gasteiger charge is -2.36. The van der Waals surface area contributed by atoms with Gasteiger partial charge in [-0.05, 0) is 53.9 Å². The minimum absolute atomic E-state index is 0.111. The van der Waals surface area contributed by atoms with E-state index in [4.69, 9.17) is 4.42 Å². The summed E-state index contributed by atoms with van der Waals surface area (Å²) in [5.74, 6) is 0.530. The summed E-state index contributed by atoms with van der Waals surface area (Å²) in [5.41, 5.74) is 1.81. The van der Waals surface area contributed by atoms with Crippen LogP contribution in [0.25, 0.3) is 6.08 Å². The lowest BCUT2D eigenvalue weighted by Crippen LogP contribution is -2.48. The standard InChI is InChI=1S/C22H21N3O3S/c26-21(10-9-19-3-1-15-28-19)23-17-5-7-18(8-6-17)24-11-13-25(14-12-24)22(27)20-4-2-16-29-20/h1-10,15-16H,11-14H2,(H,23,26). The fraction of sp³-hybridized carbons (Fsp3) is 0.182. The van der Waals surface area contributed by atoms with Gasteiger partial charge in [0.15, 0.2) is 0 Å². The fourth-order valence-corrected chi connectivity index (χ4v) is 3.90. The summed E-state index contributed by atoms with van der Waals surface area (Å²) in [6, 6.07) is 15.1. The number of carbonyl (C=O) groups excluding carboxylic acids is 2. The Morgan fingerprint density at radius 3 is 2.45 bits per heavy atom. The van der Waals surface area contributed by atoms with E-state index < -0.39 is 0 Å². The summed E-state index contributed by atoms with van der Waals surface area (Å²) in [7, 11) is 0. The van der Waals surface area contributed by atoms with Crippen molar-refractivity contribution in [3.05, 3.63) is 76.9 Å². The van der Waals surface area contributed by atoms with E-state index in [0.717, 1.165) is 29.3 Å². The molecule has 0 aliphatic carbocycles. The second kappa shape index (κ2) is 8.79. The first kappa shape index (κ1) is 19.0. The van der Waals surface area contributed by atoms with Gasteiger partial charge in [-0.1, -0.05) is 6.07 Å². The van der Waals surface area contributed by atoms with Crippen LogP contribution in [-0.2, 0) is 4.79 Å². The zero-order chi connectivity index (χ0) is 20.1. The van der Waals surface area contributed by atoms with Gasteiger partial charge < -0.3 is 19.5 Å². The normalized spacial score (nSPS) is 14.3. The number of hydrogen-bond acceptors (Lipinski definition) is 5. The number of thiophene rings is 1. The van der Waals surface area contributed by atoms with Crippen LogP contribution in [0.15, 0.2) is 70.7 Å². The van der Waals surface area contributed by atoms with E-state index in [9.17, 15) is 9.59 Å². The molecule has 0 atom stereocenters. The van der Waals surface area contributed by atoms with Crippen LogP contribution in [0.5, 0.6) is 0 Å². The molecule has 0 bridgehead atoms. The number of furan rings is 1. The topological polar surface area (TPSA) is 65.8 Å². The molecule has 7 heteroatoms. The highest BCUT2D eigenvalue weighted by Gasteiger charge is 2.22. The fourth-order valence-electron chi connectivity index (χ4n) is 3.21. The molecule has 148 valence electrons. The molecule has 2 aromatic heterocycles. The van der Waals surface area contributed by atoms with Gasteiger partial charge in [-0.25, -0.2) is 0 Å². The zero-order valence-electron chi connectivity index (χ0n) is 15.8. The van der Waals surface area contributed by atoms with Crippen molar-refractivity contribution in [3.8, 4) is 0 Å². The van der Waals surface area contributed by atoms with Gasteiger partial charge >= 0.3 is 0 Å². The molecule has 1 aromatic carbocycles. The van der Waals surface area contributed by atoms with Crippen molar-refractivity contribution in [2.75, 3.05) is 36.4 Å². The Morgan fingerprint density at radius 1 is 1.00 bits per heavy atom. The van der Waals surface area contributed by atoms with Crippen molar-refractivity contribution in [1.29, 1.82) is 0 Å². The molecule has 29 heavy (non-hydrogen) atoms. The first-order chi connectivity index (χ1) is 14.2. The number of benzene rings is 1. The van der Waals surface area contributed by atoms with Gasteiger partial charge in [0, 0.05) is 43.6 Å². The first-order valence-corrected chi connectivity index (χ1v) is 10.3. The molecule has 0 unspecified atom stereocenters. The molecule has 0 spiro atoms. The summed E-state index contributed by atoms with van der Waals surface area (Å²) in [6.45, 7) is 2.98. The molecule has 1 saturated heterocycles. The number of amides is 2. The van der Waals surface area contributed by atoms with E-state index in [0.29, 0.717) is 18.8 Å². The maximum atomic E-state index is 12.4. The van der Waals surface area contributed by atoms with Crippen LogP contribution in [0.4, 0.5) is 11.4 Å². The molecule has 1 N–H and O–H groups in total. The highest BCUT2D eigenvalue weighted by atomic mass is 32.1. The molecule has 3 heterocycles. The van der Waals surface area contributed by atoms with Crippen LogP contribution in [0.2, 0.25) is 0 Å². The maximum absolute atomic E-state index is 12.4. The molecular weight excluding hydrogens is 386 g/mol. The second-order valence-electron chi connectivity index (χ2n) is 6.64. The van der Waals surface area contributed by atoms with Gasteiger partial charge in [-0.3, -0.25) is 9.59 Å². The van der Waals surface area contributed by atoms with Crippen LogP contribution in [0, 0.1) is 0 Å². The van der Waals surface area contributed by atoms with Gasteiger partial charge in [0.25, 0.3) is 5.91 Å². The van der Waals surface area contributed by atoms with Crippen molar-refractivity contribution in [1.82, 2.24) is 4.90 Å². The average molecular weight is 407 g/mol. The lowest BCUT2D eigenvalue weighted by molar-refractivity contribution is -0.111. The Kier molecular flexibility index (Phi) is 5.76. The summed E-state index contributed by atoms with van der Waals surface area (Å²) in [6.07, 6.45) is 4.63. The van der Waals surface area contributed by atoms with Gasteiger partial charge in [0.1, 0.15) is 5.76 Å². The Morgan fingerprint density at radius 2 is 1.79 bits per heavy atom. The minimum Gasteiger partial charge on any atom is -0.465 e. The molecule has 4 rings (SSSR count). The molecule has 3 aromatic rings. The molecule has 6 nitrogen and oxygen atoms in total. The van der Waals surface area contributed by atoms with Crippen LogP contribution >= 0.6 is 11.3 Å². The van der Waals surface area contributed by atoms with Gasteiger partial charge in [-0.15, -0.1) is 11.3 Å². The quantitative estimate of drug-likeness (QED) is 0.651. The number of nitrogens with one attached hydrogen (secondary N) is 1. The van der Waals surface area contributed by atoms with Crippen molar-refractivity contribution in [3.63, 3.8) is 0 Å². The number of nitrogens with zero attached hydrogens (tertiary/aromatic N) is 2. The third-order valence-electron chi connectivity index (χ3n) is 4.74. The Bertz CT molecular complexity index is 971. The second-order valence-corrected chi connectivity index (χ2v) is 7.59. The summed E-state index contributed by atoms with van der Waals surface area (Å²) >= 11 is 1.48. The van der Waals surface area contributed by atoms with Crippen molar-refractivity contribution >= 4 is 40.6 Å². The molecule has 1 aliphatic rings. The monoisotopic (exact) mass is 407 g/mol. The Hall–Kier alpha value is -3.32. The predicted octanol–water partition coefficient (Wildman–Crippen LogP) is 3.96. The van der Waals surface area contributed by atoms with Gasteiger partial charge in [-0.2, -0.15) is 0 Å². The average Bonchev–Trinajstić information content (AvgIpc) is 3.47. The van der Waals surface area contributed by atoms with E-state index >= 15 is 0 Å². The van der Waals surface area contributed by atoms with Gasteiger partial charge in [0.2, 0.25) is 5.91 Å². The predicted molar refractivity (Wildman–Crippen MR) is 115 cm³/mol. The van der Waals surface area contributed by atoms with Crippen molar-refractivity contribution in [2.24, 2.45) is 0 Å². The number of carbonyl (C=O) groups is 2. The van der Waals surface area contributed by atoms with E-state index in [1.807, 2.05) is 46.7 Å². The molecule has 0 saturated carbocycles.